The molecule has 1 N–H and O–H groups in total. The van der Waals surface area contributed by atoms with Crippen LogP contribution in [0.25, 0.3) is 0 Å². The number of hydrogen-bond acceptors (Lipinski definition) is 4. The van der Waals surface area contributed by atoms with Gasteiger partial charge >= 0.3 is 0 Å². The molecule has 1 aromatic heterocycles. The van der Waals surface area contributed by atoms with E-state index in [-0.39, 0.29) is 5.91 Å². The summed E-state index contributed by atoms with van der Waals surface area (Å²) < 4.78 is 0. The number of nitrogens with zero attached hydrogens (tertiary/aromatic N) is 3. The van der Waals surface area contributed by atoms with E-state index >= 15 is 0 Å². The van der Waals surface area contributed by atoms with Gasteiger partial charge in [0.25, 0.3) is 5.91 Å². The zero-order valence-electron chi connectivity index (χ0n) is 14.2. The van der Waals surface area contributed by atoms with E-state index in [1.54, 1.807) is 11.1 Å². The van der Waals surface area contributed by atoms with Crippen molar-refractivity contribution in [2.75, 3.05) is 16.8 Å². The van der Waals surface area contributed by atoms with Crippen LogP contribution in [-0.2, 0) is 6.42 Å². The fraction of sp³-hybridized carbons (Fsp3) is 0.150. The molecule has 4 rings (SSSR count). The molecule has 130 valence electrons. The van der Waals surface area contributed by atoms with E-state index < -0.39 is 0 Å². The highest BCUT2D eigenvalue weighted by molar-refractivity contribution is 6.30. The third-order valence-corrected chi connectivity index (χ3v) is 4.70. The number of amides is 1. The molecule has 6 heteroatoms. The van der Waals surface area contributed by atoms with E-state index in [0.717, 1.165) is 23.4 Å². The summed E-state index contributed by atoms with van der Waals surface area (Å²) in [5.74, 6) is 0.432. The first kappa shape index (κ1) is 16.5. The summed E-state index contributed by atoms with van der Waals surface area (Å²) in [7, 11) is 0. The highest BCUT2D eigenvalue weighted by Gasteiger charge is 2.26. The van der Waals surface area contributed by atoms with Gasteiger partial charge in [0.1, 0.15) is 11.5 Å². The van der Waals surface area contributed by atoms with Crippen LogP contribution in [0.5, 0.6) is 0 Å². The standard InChI is InChI=1S/C20H17ClN4O/c1-13-6-7-15(21)10-16(13)24-19-12-22-17(11-23-19)20(26)25-9-8-14-4-2-3-5-18(14)25/h2-7,10-12H,8-9H2,1H3,(H,23,24). The average molecular weight is 365 g/mol. The summed E-state index contributed by atoms with van der Waals surface area (Å²) in [5, 5.41) is 3.83. The molecule has 2 aromatic carbocycles. The third-order valence-electron chi connectivity index (χ3n) is 4.47. The van der Waals surface area contributed by atoms with Crippen LogP contribution < -0.4 is 10.2 Å². The molecule has 0 aliphatic carbocycles. The summed E-state index contributed by atoms with van der Waals surface area (Å²) in [4.78, 5) is 23.1. The number of aryl methyl sites for hydroxylation is 1. The molecule has 2 heterocycles. The van der Waals surface area contributed by atoms with E-state index in [0.29, 0.717) is 23.1 Å². The maximum Gasteiger partial charge on any atom is 0.278 e. The second-order valence-electron chi connectivity index (χ2n) is 6.21. The van der Waals surface area contributed by atoms with Crippen molar-refractivity contribution in [1.82, 2.24) is 9.97 Å². The van der Waals surface area contributed by atoms with Gasteiger partial charge < -0.3 is 10.2 Å². The summed E-state index contributed by atoms with van der Waals surface area (Å²) in [6.07, 6.45) is 3.93. The van der Waals surface area contributed by atoms with Gasteiger partial charge in [-0.2, -0.15) is 0 Å². The fourth-order valence-corrected chi connectivity index (χ4v) is 3.23. The van der Waals surface area contributed by atoms with E-state index in [1.165, 1.54) is 11.8 Å². The summed E-state index contributed by atoms with van der Waals surface area (Å²) in [6.45, 7) is 2.65. The Balaban J connectivity index is 1.53. The minimum atomic E-state index is -0.132. The summed E-state index contributed by atoms with van der Waals surface area (Å²) >= 11 is 6.04. The Kier molecular flexibility index (Phi) is 4.31. The van der Waals surface area contributed by atoms with Gasteiger partial charge in [-0.3, -0.25) is 4.79 Å². The monoisotopic (exact) mass is 364 g/mol. The zero-order valence-corrected chi connectivity index (χ0v) is 15.0. The number of carbonyl (C=O) groups is 1. The van der Waals surface area contributed by atoms with Gasteiger partial charge in [-0.15, -0.1) is 0 Å². The first-order chi connectivity index (χ1) is 12.6. The second kappa shape index (κ2) is 6.77. The molecule has 0 radical (unpaired) electrons. The van der Waals surface area contributed by atoms with Gasteiger partial charge in [-0.05, 0) is 42.7 Å². The van der Waals surface area contributed by atoms with Crippen LogP contribution in [0, 0.1) is 6.92 Å². The minimum Gasteiger partial charge on any atom is -0.339 e. The molecule has 1 aliphatic heterocycles. The van der Waals surface area contributed by atoms with Crippen molar-refractivity contribution in [3.05, 3.63) is 76.7 Å². The summed E-state index contributed by atoms with van der Waals surface area (Å²) in [6, 6.07) is 13.5. The fourth-order valence-electron chi connectivity index (χ4n) is 3.06. The van der Waals surface area contributed by atoms with Crippen molar-refractivity contribution in [3.63, 3.8) is 0 Å². The molecule has 3 aromatic rings. The SMILES string of the molecule is Cc1ccc(Cl)cc1Nc1cnc(C(=O)N2CCc3ccccc32)cn1. The quantitative estimate of drug-likeness (QED) is 0.749. The number of rotatable bonds is 3. The molecule has 0 bridgehead atoms. The van der Waals surface area contributed by atoms with E-state index in [4.69, 9.17) is 11.6 Å². The Bertz CT molecular complexity index is 972. The predicted octanol–water partition coefficient (Wildman–Crippen LogP) is 4.38. The van der Waals surface area contributed by atoms with Crippen molar-refractivity contribution in [2.45, 2.75) is 13.3 Å². The molecule has 0 saturated carbocycles. The normalized spacial score (nSPS) is 12.8. The number of aromatic nitrogens is 2. The Morgan fingerprint density at radius 2 is 2.00 bits per heavy atom. The van der Waals surface area contributed by atoms with Crippen LogP contribution in [-0.4, -0.2) is 22.4 Å². The number of carbonyl (C=O) groups excluding carboxylic acids is 1. The molecule has 0 saturated heterocycles. The maximum absolute atomic E-state index is 12.8. The largest absolute Gasteiger partial charge is 0.339 e. The molecule has 1 amide bonds. The van der Waals surface area contributed by atoms with Gasteiger partial charge in [0.2, 0.25) is 0 Å². The highest BCUT2D eigenvalue weighted by atomic mass is 35.5. The Hall–Kier alpha value is -2.92. The topological polar surface area (TPSA) is 58.1 Å². The van der Waals surface area contributed by atoms with Gasteiger partial charge in [-0.1, -0.05) is 35.9 Å². The number of fused-ring (bicyclic) bond motifs is 1. The van der Waals surface area contributed by atoms with Crippen LogP contribution in [0.4, 0.5) is 17.2 Å². The van der Waals surface area contributed by atoms with Gasteiger partial charge in [-0.25, -0.2) is 9.97 Å². The first-order valence-corrected chi connectivity index (χ1v) is 8.74. The van der Waals surface area contributed by atoms with Crippen LogP contribution in [0.1, 0.15) is 21.6 Å². The third kappa shape index (κ3) is 3.13. The van der Waals surface area contributed by atoms with E-state index in [9.17, 15) is 4.79 Å². The van der Waals surface area contributed by atoms with Crippen molar-refractivity contribution < 1.29 is 4.79 Å². The molecular formula is C20H17ClN4O. The van der Waals surface area contributed by atoms with Crippen LogP contribution in [0.15, 0.2) is 54.9 Å². The molecular weight excluding hydrogens is 348 g/mol. The molecule has 0 unspecified atom stereocenters. The lowest BCUT2D eigenvalue weighted by Crippen LogP contribution is -2.29. The highest BCUT2D eigenvalue weighted by Crippen LogP contribution is 2.28. The molecule has 5 nitrogen and oxygen atoms in total. The van der Waals surface area contributed by atoms with Gasteiger partial charge in [0.15, 0.2) is 0 Å². The van der Waals surface area contributed by atoms with E-state index in [1.807, 2.05) is 43.3 Å². The number of hydrogen-bond donors (Lipinski definition) is 1. The molecule has 0 fully saturated rings. The smallest absolute Gasteiger partial charge is 0.278 e. The molecule has 26 heavy (non-hydrogen) atoms. The van der Waals surface area contributed by atoms with Crippen molar-refractivity contribution >= 4 is 34.7 Å². The second-order valence-corrected chi connectivity index (χ2v) is 6.64. The lowest BCUT2D eigenvalue weighted by molar-refractivity contribution is 0.0984. The maximum atomic E-state index is 12.8. The lowest BCUT2D eigenvalue weighted by Gasteiger charge is -2.16. The number of para-hydroxylation sites is 1. The van der Waals surface area contributed by atoms with Crippen LogP contribution >= 0.6 is 11.6 Å². The lowest BCUT2D eigenvalue weighted by atomic mass is 10.2. The van der Waals surface area contributed by atoms with Crippen molar-refractivity contribution in [1.29, 1.82) is 0 Å². The van der Waals surface area contributed by atoms with Crippen molar-refractivity contribution in [2.24, 2.45) is 0 Å². The zero-order chi connectivity index (χ0) is 18.1. The van der Waals surface area contributed by atoms with Crippen molar-refractivity contribution in [3.8, 4) is 0 Å². The van der Waals surface area contributed by atoms with Crippen LogP contribution in [0.3, 0.4) is 0 Å². The molecule has 0 spiro atoms. The number of halogens is 1. The average Bonchev–Trinajstić information content (AvgIpc) is 3.09. The van der Waals surface area contributed by atoms with Gasteiger partial charge in [0.05, 0.1) is 12.4 Å². The number of benzene rings is 2. The van der Waals surface area contributed by atoms with E-state index in [2.05, 4.69) is 21.4 Å². The predicted molar refractivity (Wildman–Crippen MR) is 103 cm³/mol. The number of nitrogens with one attached hydrogen (secondary N) is 1. The molecule has 1 aliphatic rings. The Morgan fingerprint density at radius 1 is 1.15 bits per heavy atom. The van der Waals surface area contributed by atoms with Gasteiger partial charge in [0, 0.05) is 22.9 Å². The Labute approximate surface area is 156 Å². The number of anilines is 3. The minimum absolute atomic E-state index is 0.132. The van der Waals surface area contributed by atoms with Crippen LogP contribution in [0.2, 0.25) is 5.02 Å². The molecule has 0 atom stereocenters. The summed E-state index contributed by atoms with van der Waals surface area (Å²) in [5.41, 5.74) is 4.37. The first-order valence-electron chi connectivity index (χ1n) is 8.37. The Morgan fingerprint density at radius 3 is 2.81 bits per heavy atom.